The molecule has 88 valence electrons. The van der Waals surface area contributed by atoms with E-state index in [0.717, 1.165) is 0 Å². The molecule has 0 spiro atoms. The molecule has 0 heterocycles. The van der Waals surface area contributed by atoms with Gasteiger partial charge in [0.25, 0.3) is 0 Å². The van der Waals surface area contributed by atoms with Crippen LogP contribution in [0.15, 0.2) is 60.7 Å². The first kappa shape index (κ1) is 13.5. The van der Waals surface area contributed by atoms with Gasteiger partial charge in [0.1, 0.15) is 0 Å². The van der Waals surface area contributed by atoms with Crippen molar-refractivity contribution in [2.24, 2.45) is 0 Å². The topological polar surface area (TPSA) is 0 Å². The third kappa shape index (κ3) is 2.89. The van der Waals surface area contributed by atoms with Crippen molar-refractivity contribution in [1.29, 1.82) is 0 Å². The summed E-state index contributed by atoms with van der Waals surface area (Å²) in [6.45, 7) is 2.26. The first-order chi connectivity index (χ1) is 8.77. The minimum absolute atomic E-state index is 0.137. The summed E-state index contributed by atoms with van der Waals surface area (Å²) in [5.74, 6) is 0. The standard InChI is InChI=1S/C17H19.Li/c1-2-3-14-17(15-10-6-4-7-11-15)16-12-8-5-9-13-16;/h4-13H,2-3,14H2,1H3;. The maximum absolute atomic E-state index is 2.37. The zero-order valence-corrected chi connectivity index (χ0v) is 11.4. The second kappa shape index (κ2) is 6.28. The number of hydrogen-bond donors (Lipinski definition) is 0. The van der Waals surface area contributed by atoms with E-state index in [4.69, 9.17) is 0 Å². The Bertz CT molecular complexity index is 422. The predicted octanol–water partition coefficient (Wildman–Crippen LogP) is 4.29. The Hall–Kier alpha value is -0.963. The van der Waals surface area contributed by atoms with Crippen molar-refractivity contribution in [3.05, 3.63) is 71.8 Å². The first-order valence-electron chi connectivity index (χ1n) is 6.88. The molecule has 2 rings (SSSR count). The van der Waals surface area contributed by atoms with Crippen LogP contribution in [-0.4, -0.2) is 17.7 Å². The van der Waals surface area contributed by atoms with Crippen LogP contribution in [-0.2, 0) is 4.09 Å². The van der Waals surface area contributed by atoms with E-state index in [9.17, 15) is 0 Å². The first-order valence-corrected chi connectivity index (χ1v) is 6.88. The summed E-state index contributed by atoms with van der Waals surface area (Å²) < 4.78 is 0.137. The fourth-order valence-corrected chi connectivity index (χ4v) is 2.60. The van der Waals surface area contributed by atoms with Crippen LogP contribution >= 0.6 is 0 Å². The second-order valence-electron chi connectivity index (χ2n) is 5.17. The SMILES string of the molecule is [Li][C](CCCC)(c1ccccc1)c1ccccc1. The monoisotopic (exact) mass is 230 g/mol. The Balaban J connectivity index is 2.41. The van der Waals surface area contributed by atoms with Gasteiger partial charge in [0.05, 0.1) is 0 Å². The summed E-state index contributed by atoms with van der Waals surface area (Å²) in [4.78, 5) is 0. The zero-order chi connectivity index (χ0) is 12.8. The zero-order valence-electron chi connectivity index (χ0n) is 11.4. The van der Waals surface area contributed by atoms with Gasteiger partial charge in [-0.3, -0.25) is 0 Å². The van der Waals surface area contributed by atoms with Crippen LogP contribution in [0.2, 0.25) is 0 Å². The Morgan fingerprint density at radius 2 is 1.28 bits per heavy atom. The van der Waals surface area contributed by atoms with E-state index in [1.165, 1.54) is 30.4 Å². The van der Waals surface area contributed by atoms with Crippen molar-refractivity contribution < 1.29 is 0 Å². The van der Waals surface area contributed by atoms with Crippen LogP contribution in [0.3, 0.4) is 0 Å². The van der Waals surface area contributed by atoms with Crippen molar-refractivity contribution in [1.82, 2.24) is 0 Å². The van der Waals surface area contributed by atoms with Crippen molar-refractivity contribution in [2.45, 2.75) is 30.3 Å². The normalized spacial score (nSPS) is 11.5. The van der Waals surface area contributed by atoms with Gasteiger partial charge in [0.2, 0.25) is 0 Å². The van der Waals surface area contributed by atoms with Gasteiger partial charge >= 0.3 is 120 Å². The molecule has 0 unspecified atom stereocenters. The van der Waals surface area contributed by atoms with Crippen LogP contribution < -0.4 is 0 Å². The fraction of sp³-hybridized carbons (Fsp3) is 0.294. The molecule has 0 amide bonds. The average molecular weight is 230 g/mol. The molecule has 0 aliphatic heterocycles. The van der Waals surface area contributed by atoms with Crippen molar-refractivity contribution in [2.75, 3.05) is 0 Å². The Kier molecular flexibility index (Phi) is 4.70. The number of rotatable bonds is 5. The van der Waals surface area contributed by atoms with Gasteiger partial charge in [-0.15, -0.1) is 0 Å². The molecule has 1 heteroatoms. The second-order valence-corrected chi connectivity index (χ2v) is 5.17. The molecule has 0 aliphatic rings. The van der Waals surface area contributed by atoms with Gasteiger partial charge in [-0.1, -0.05) is 0 Å². The molecule has 2 aromatic rings. The molecular weight excluding hydrogens is 211 g/mol. The molecule has 0 aromatic heterocycles. The minimum atomic E-state index is 0.137. The van der Waals surface area contributed by atoms with E-state index in [2.05, 4.69) is 85.3 Å². The summed E-state index contributed by atoms with van der Waals surface area (Å²) in [7, 11) is 0. The van der Waals surface area contributed by atoms with E-state index in [1.807, 2.05) is 0 Å². The van der Waals surface area contributed by atoms with Gasteiger partial charge in [-0.25, -0.2) is 0 Å². The van der Waals surface area contributed by atoms with Crippen molar-refractivity contribution in [3.63, 3.8) is 0 Å². The van der Waals surface area contributed by atoms with E-state index < -0.39 is 0 Å². The average Bonchev–Trinajstić information content (AvgIpc) is 2.46. The Morgan fingerprint density at radius 1 is 0.833 bits per heavy atom. The van der Waals surface area contributed by atoms with E-state index in [1.54, 1.807) is 0 Å². The molecule has 0 radical (unpaired) electrons. The molecule has 0 saturated carbocycles. The fourth-order valence-electron chi connectivity index (χ4n) is 2.60. The van der Waals surface area contributed by atoms with Gasteiger partial charge in [-0.2, -0.15) is 0 Å². The molecule has 0 atom stereocenters. The van der Waals surface area contributed by atoms with Crippen LogP contribution in [0, 0.1) is 0 Å². The molecule has 18 heavy (non-hydrogen) atoms. The summed E-state index contributed by atoms with van der Waals surface area (Å²) in [6.07, 6.45) is 3.72. The van der Waals surface area contributed by atoms with Gasteiger partial charge in [0.15, 0.2) is 0 Å². The molecule has 2 aromatic carbocycles. The molecule has 0 saturated heterocycles. The third-order valence-corrected chi connectivity index (χ3v) is 3.85. The van der Waals surface area contributed by atoms with Gasteiger partial charge in [0, 0.05) is 0 Å². The summed E-state index contributed by atoms with van der Waals surface area (Å²) >= 11 is 2.37. The van der Waals surface area contributed by atoms with Crippen LogP contribution in [0.4, 0.5) is 0 Å². The van der Waals surface area contributed by atoms with Gasteiger partial charge < -0.3 is 0 Å². The Labute approximate surface area is 120 Å². The number of benzene rings is 2. The van der Waals surface area contributed by atoms with Crippen LogP contribution in [0.25, 0.3) is 0 Å². The Morgan fingerprint density at radius 3 is 1.67 bits per heavy atom. The molecule has 0 aliphatic carbocycles. The van der Waals surface area contributed by atoms with Crippen molar-refractivity contribution in [3.8, 4) is 0 Å². The molecule has 0 bridgehead atoms. The summed E-state index contributed by atoms with van der Waals surface area (Å²) in [6, 6.07) is 21.8. The quantitative estimate of drug-likeness (QED) is 0.672. The van der Waals surface area contributed by atoms with E-state index in [0.29, 0.717) is 0 Å². The molecular formula is C17H19Li. The summed E-state index contributed by atoms with van der Waals surface area (Å²) in [5.41, 5.74) is 2.84. The number of hydrogen-bond acceptors (Lipinski definition) is 0. The third-order valence-electron chi connectivity index (χ3n) is 3.85. The predicted molar refractivity (Wildman–Crippen MR) is 78.9 cm³/mol. The van der Waals surface area contributed by atoms with Crippen molar-refractivity contribution >= 4 is 17.7 Å². The number of unbranched alkanes of at least 4 members (excludes halogenated alkanes) is 1. The van der Waals surface area contributed by atoms with E-state index >= 15 is 0 Å². The van der Waals surface area contributed by atoms with Crippen LogP contribution in [0.5, 0.6) is 0 Å². The van der Waals surface area contributed by atoms with Crippen LogP contribution in [0.1, 0.15) is 37.3 Å². The van der Waals surface area contributed by atoms with E-state index in [-0.39, 0.29) is 4.09 Å². The summed E-state index contributed by atoms with van der Waals surface area (Å²) in [5, 5.41) is 0. The van der Waals surface area contributed by atoms with Gasteiger partial charge in [-0.05, 0) is 0 Å². The molecule has 0 nitrogen and oxygen atoms in total. The maximum atomic E-state index is 2.37. The molecule has 0 fully saturated rings. The molecule has 0 N–H and O–H groups in total.